The molecule has 144 valence electrons. The summed E-state index contributed by atoms with van der Waals surface area (Å²) in [6, 6.07) is 7.06. The van der Waals surface area contributed by atoms with Crippen molar-refractivity contribution in [3.8, 4) is 0 Å². The molecule has 26 heavy (non-hydrogen) atoms. The Bertz CT molecular complexity index is 816. The molecule has 0 spiro atoms. The molecule has 1 aromatic carbocycles. The molecule has 0 aliphatic carbocycles. The second-order valence-corrected chi connectivity index (χ2v) is 9.45. The predicted molar refractivity (Wildman–Crippen MR) is 98.9 cm³/mol. The molecular formula is C17H25N3O5S. The molecule has 2 N–H and O–H groups in total. The van der Waals surface area contributed by atoms with Crippen molar-refractivity contribution in [2.45, 2.75) is 27.7 Å². The number of carbonyl (C=O) groups is 2. The Balaban J connectivity index is 2.14. The van der Waals surface area contributed by atoms with Gasteiger partial charge < -0.3 is 5.32 Å². The topological polar surface area (TPSA) is 105 Å². The minimum atomic E-state index is -3.64. The van der Waals surface area contributed by atoms with E-state index in [0.29, 0.717) is 11.4 Å². The summed E-state index contributed by atoms with van der Waals surface area (Å²) in [6.45, 7) is 7.09. The Labute approximate surface area is 154 Å². The summed E-state index contributed by atoms with van der Waals surface area (Å²) in [7, 11) is -3.64. The third-order valence-corrected chi connectivity index (χ3v) is 4.53. The second kappa shape index (κ2) is 6.88. The lowest BCUT2D eigenvalue weighted by atomic mass is 9.92. The number of rotatable bonds is 5. The SMILES string of the molecule is CC(C)(C)C(=O)Nc1cccc(N2CC(C)(COS(C)(=O)=O)C(=O)N2)c1. The lowest BCUT2D eigenvalue weighted by molar-refractivity contribution is -0.127. The van der Waals surface area contributed by atoms with Crippen LogP contribution in [0.15, 0.2) is 24.3 Å². The minimum absolute atomic E-state index is 0.119. The molecule has 1 unspecified atom stereocenters. The average molecular weight is 383 g/mol. The van der Waals surface area contributed by atoms with Gasteiger partial charge in [-0.2, -0.15) is 8.42 Å². The van der Waals surface area contributed by atoms with Gasteiger partial charge in [0.15, 0.2) is 0 Å². The monoisotopic (exact) mass is 383 g/mol. The summed E-state index contributed by atoms with van der Waals surface area (Å²) < 4.78 is 27.2. The molecule has 1 aromatic rings. The van der Waals surface area contributed by atoms with Crippen LogP contribution in [0.4, 0.5) is 11.4 Å². The van der Waals surface area contributed by atoms with Crippen molar-refractivity contribution >= 4 is 33.3 Å². The molecule has 0 saturated carbocycles. The Kier molecular flexibility index (Phi) is 5.34. The Hall–Kier alpha value is -2.13. The van der Waals surface area contributed by atoms with E-state index < -0.39 is 20.9 Å². The maximum Gasteiger partial charge on any atom is 0.264 e. The zero-order valence-corrected chi connectivity index (χ0v) is 16.4. The number of carbonyl (C=O) groups excluding carboxylic acids is 2. The molecule has 8 nitrogen and oxygen atoms in total. The zero-order chi connectivity index (χ0) is 19.8. The summed E-state index contributed by atoms with van der Waals surface area (Å²) in [6.07, 6.45) is 0.947. The highest BCUT2D eigenvalue weighted by Crippen LogP contribution is 2.30. The number of nitrogens with zero attached hydrogens (tertiary/aromatic N) is 1. The van der Waals surface area contributed by atoms with Crippen LogP contribution >= 0.6 is 0 Å². The van der Waals surface area contributed by atoms with Crippen LogP contribution in [0.1, 0.15) is 27.7 Å². The summed E-state index contributed by atoms with van der Waals surface area (Å²) in [5, 5.41) is 4.45. The van der Waals surface area contributed by atoms with Gasteiger partial charge in [-0.15, -0.1) is 0 Å². The normalized spacial score (nSPS) is 20.8. The molecule has 0 radical (unpaired) electrons. The van der Waals surface area contributed by atoms with E-state index in [2.05, 4.69) is 10.7 Å². The van der Waals surface area contributed by atoms with Crippen molar-refractivity contribution in [2.24, 2.45) is 10.8 Å². The van der Waals surface area contributed by atoms with Crippen LogP contribution in [0, 0.1) is 10.8 Å². The van der Waals surface area contributed by atoms with E-state index in [9.17, 15) is 18.0 Å². The van der Waals surface area contributed by atoms with E-state index in [1.807, 2.05) is 20.8 Å². The molecule has 1 heterocycles. The van der Waals surface area contributed by atoms with E-state index in [4.69, 9.17) is 4.18 Å². The van der Waals surface area contributed by atoms with Crippen molar-refractivity contribution in [1.82, 2.24) is 5.43 Å². The minimum Gasteiger partial charge on any atom is -0.326 e. The average Bonchev–Trinajstić information content (AvgIpc) is 2.80. The van der Waals surface area contributed by atoms with E-state index >= 15 is 0 Å². The molecule has 1 aliphatic rings. The van der Waals surface area contributed by atoms with Crippen LogP contribution in [0.5, 0.6) is 0 Å². The van der Waals surface area contributed by atoms with Gasteiger partial charge in [0, 0.05) is 11.1 Å². The van der Waals surface area contributed by atoms with Gasteiger partial charge in [-0.3, -0.25) is 24.2 Å². The van der Waals surface area contributed by atoms with Crippen molar-refractivity contribution in [3.63, 3.8) is 0 Å². The molecule has 1 saturated heterocycles. The lowest BCUT2D eigenvalue weighted by Crippen LogP contribution is -2.35. The smallest absolute Gasteiger partial charge is 0.264 e. The van der Waals surface area contributed by atoms with E-state index in [0.717, 1.165) is 6.26 Å². The van der Waals surface area contributed by atoms with E-state index in [1.54, 1.807) is 36.2 Å². The van der Waals surface area contributed by atoms with Crippen molar-refractivity contribution in [1.29, 1.82) is 0 Å². The highest BCUT2D eigenvalue weighted by atomic mass is 32.2. The van der Waals surface area contributed by atoms with Gasteiger partial charge >= 0.3 is 0 Å². The van der Waals surface area contributed by atoms with Gasteiger partial charge in [0.05, 0.1) is 30.5 Å². The first-order chi connectivity index (χ1) is 11.8. The summed E-state index contributed by atoms with van der Waals surface area (Å²) >= 11 is 0. The van der Waals surface area contributed by atoms with Gasteiger partial charge in [0.2, 0.25) is 11.8 Å². The van der Waals surface area contributed by atoms with Crippen LogP contribution in [0.2, 0.25) is 0 Å². The maximum absolute atomic E-state index is 12.3. The lowest BCUT2D eigenvalue weighted by Gasteiger charge is -2.22. The third kappa shape index (κ3) is 4.95. The fourth-order valence-corrected chi connectivity index (χ4v) is 2.77. The fourth-order valence-electron chi connectivity index (χ4n) is 2.29. The molecule has 9 heteroatoms. The number of benzene rings is 1. The van der Waals surface area contributed by atoms with Crippen molar-refractivity contribution < 1.29 is 22.2 Å². The van der Waals surface area contributed by atoms with E-state index in [1.165, 1.54) is 0 Å². The standard InChI is InChI=1S/C17H25N3O5S/c1-16(2,3)14(21)18-12-7-6-8-13(9-12)20-10-17(4,15(22)19-20)11-25-26(5,23)24/h6-9H,10-11H2,1-5H3,(H,18,21)(H,19,22). The molecular weight excluding hydrogens is 358 g/mol. The number of amides is 2. The Morgan fingerprint density at radius 3 is 2.62 bits per heavy atom. The maximum atomic E-state index is 12.3. The first-order valence-electron chi connectivity index (χ1n) is 8.15. The van der Waals surface area contributed by atoms with Gasteiger partial charge in [-0.05, 0) is 25.1 Å². The first kappa shape index (κ1) is 20.2. The number of nitrogens with one attached hydrogen (secondary N) is 2. The van der Waals surface area contributed by atoms with Crippen LogP contribution in [-0.4, -0.2) is 39.6 Å². The van der Waals surface area contributed by atoms with Crippen LogP contribution < -0.4 is 15.8 Å². The van der Waals surface area contributed by atoms with Crippen LogP contribution in [0.25, 0.3) is 0 Å². The highest BCUT2D eigenvalue weighted by molar-refractivity contribution is 7.85. The molecule has 0 bridgehead atoms. The molecule has 2 rings (SSSR count). The summed E-state index contributed by atoms with van der Waals surface area (Å²) in [5.41, 5.74) is 2.46. The van der Waals surface area contributed by atoms with Gasteiger partial charge in [0.25, 0.3) is 10.1 Å². The molecule has 1 aliphatic heterocycles. The predicted octanol–water partition coefficient (Wildman–Crippen LogP) is 1.50. The number of hydrogen-bond donors (Lipinski definition) is 2. The van der Waals surface area contributed by atoms with Gasteiger partial charge in [-0.1, -0.05) is 26.8 Å². The zero-order valence-electron chi connectivity index (χ0n) is 15.6. The first-order valence-corrected chi connectivity index (χ1v) is 9.96. The van der Waals surface area contributed by atoms with E-state index in [-0.39, 0.29) is 25.0 Å². The Morgan fingerprint density at radius 1 is 1.38 bits per heavy atom. The van der Waals surface area contributed by atoms with Crippen molar-refractivity contribution in [3.05, 3.63) is 24.3 Å². The van der Waals surface area contributed by atoms with Gasteiger partial charge in [0.1, 0.15) is 0 Å². The van der Waals surface area contributed by atoms with Crippen molar-refractivity contribution in [2.75, 3.05) is 29.7 Å². The highest BCUT2D eigenvalue weighted by Gasteiger charge is 2.43. The number of hydrazine groups is 1. The summed E-state index contributed by atoms with van der Waals surface area (Å²) in [5.74, 6) is -0.447. The molecule has 2 amide bonds. The largest absolute Gasteiger partial charge is 0.326 e. The number of anilines is 2. The van der Waals surface area contributed by atoms with Gasteiger partial charge in [-0.25, -0.2) is 0 Å². The Morgan fingerprint density at radius 2 is 2.04 bits per heavy atom. The number of hydrogen-bond acceptors (Lipinski definition) is 6. The van der Waals surface area contributed by atoms with Crippen LogP contribution in [-0.2, 0) is 23.9 Å². The molecule has 1 fully saturated rings. The third-order valence-electron chi connectivity index (χ3n) is 3.98. The summed E-state index contributed by atoms with van der Waals surface area (Å²) in [4.78, 5) is 24.4. The fraction of sp³-hybridized carbons (Fsp3) is 0.529. The quantitative estimate of drug-likeness (QED) is 0.747. The molecule has 0 aromatic heterocycles. The second-order valence-electron chi connectivity index (χ2n) is 7.81. The molecule has 1 atom stereocenters. The van der Waals surface area contributed by atoms with Crippen LogP contribution in [0.3, 0.4) is 0 Å².